The van der Waals surface area contributed by atoms with Crippen molar-refractivity contribution in [1.29, 1.82) is 0 Å². The van der Waals surface area contributed by atoms with Gasteiger partial charge < -0.3 is 4.42 Å². The van der Waals surface area contributed by atoms with E-state index in [1.54, 1.807) is 12.3 Å². The Morgan fingerprint density at radius 3 is 3.00 bits per heavy atom. The molecule has 1 heteroatoms. The van der Waals surface area contributed by atoms with Gasteiger partial charge in [0, 0.05) is 0 Å². The van der Waals surface area contributed by atoms with Crippen LogP contribution in [0.1, 0.15) is 5.76 Å². The van der Waals surface area contributed by atoms with Crippen molar-refractivity contribution in [3.8, 4) is 0 Å². The summed E-state index contributed by atoms with van der Waals surface area (Å²) in [7, 11) is 0. The van der Waals surface area contributed by atoms with Crippen LogP contribution in [-0.4, -0.2) is 0 Å². The maximum atomic E-state index is 5.00. The highest BCUT2D eigenvalue weighted by molar-refractivity contribution is 5.44. The molecule has 0 saturated heterocycles. The lowest BCUT2D eigenvalue weighted by Crippen LogP contribution is -1.55. The molecule has 0 aliphatic heterocycles. The van der Waals surface area contributed by atoms with E-state index in [0.717, 1.165) is 5.76 Å². The van der Waals surface area contributed by atoms with Crippen molar-refractivity contribution < 1.29 is 4.42 Å². The highest BCUT2D eigenvalue weighted by Crippen LogP contribution is 2.01. The Morgan fingerprint density at radius 1 is 1.56 bits per heavy atom. The normalized spacial score (nSPS) is 10.2. The van der Waals surface area contributed by atoms with Crippen molar-refractivity contribution in [2.24, 2.45) is 0 Å². The van der Waals surface area contributed by atoms with Crippen LogP contribution < -0.4 is 0 Å². The largest absolute Gasteiger partial charge is 0.465 e. The highest BCUT2D eigenvalue weighted by atomic mass is 16.3. The fourth-order valence-electron chi connectivity index (χ4n) is 0.549. The van der Waals surface area contributed by atoms with Crippen molar-refractivity contribution in [2.45, 2.75) is 0 Å². The number of rotatable bonds is 2. The van der Waals surface area contributed by atoms with Gasteiger partial charge in [0.05, 0.1) is 6.26 Å². The molecule has 1 rings (SSSR count). The molecule has 0 fully saturated rings. The maximum absolute atomic E-state index is 5.00. The summed E-state index contributed by atoms with van der Waals surface area (Å²) in [5, 5.41) is 0. The van der Waals surface area contributed by atoms with Gasteiger partial charge in [0.15, 0.2) is 0 Å². The molecule has 0 saturated carbocycles. The van der Waals surface area contributed by atoms with Crippen LogP contribution in [0, 0.1) is 0 Å². The minimum atomic E-state index is 0.856. The Labute approximate surface area is 54.3 Å². The summed E-state index contributed by atoms with van der Waals surface area (Å²) in [5.74, 6) is 0.856. The third-order valence-corrected chi connectivity index (χ3v) is 0.940. The molecule has 1 aromatic rings. The zero-order valence-electron chi connectivity index (χ0n) is 5.08. The van der Waals surface area contributed by atoms with E-state index in [-0.39, 0.29) is 0 Å². The van der Waals surface area contributed by atoms with Gasteiger partial charge in [-0.2, -0.15) is 0 Å². The SMILES string of the molecule is C=C/C=C/c1ccco1. The van der Waals surface area contributed by atoms with Gasteiger partial charge in [-0.1, -0.05) is 18.7 Å². The van der Waals surface area contributed by atoms with Crippen molar-refractivity contribution in [1.82, 2.24) is 0 Å². The first-order valence-corrected chi connectivity index (χ1v) is 2.76. The van der Waals surface area contributed by atoms with Crippen molar-refractivity contribution in [3.63, 3.8) is 0 Å². The lowest BCUT2D eigenvalue weighted by Gasteiger charge is -1.77. The van der Waals surface area contributed by atoms with E-state index in [1.165, 1.54) is 0 Å². The summed E-state index contributed by atoms with van der Waals surface area (Å²) in [6, 6.07) is 3.74. The van der Waals surface area contributed by atoms with Crippen LogP contribution in [0.2, 0.25) is 0 Å². The van der Waals surface area contributed by atoms with Crippen LogP contribution in [0.3, 0.4) is 0 Å². The van der Waals surface area contributed by atoms with Gasteiger partial charge in [-0.15, -0.1) is 0 Å². The second kappa shape index (κ2) is 2.92. The summed E-state index contributed by atoms with van der Waals surface area (Å²) in [6.45, 7) is 3.53. The molecule has 9 heavy (non-hydrogen) atoms. The van der Waals surface area contributed by atoms with E-state index in [9.17, 15) is 0 Å². The fourth-order valence-corrected chi connectivity index (χ4v) is 0.549. The second-order valence-electron chi connectivity index (χ2n) is 1.61. The molecule has 0 radical (unpaired) electrons. The van der Waals surface area contributed by atoms with Gasteiger partial charge >= 0.3 is 0 Å². The molecule has 0 aliphatic carbocycles. The first kappa shape index (κ1) is 5.89. The molecule has 0 bridgehead atoms. The van der Waals surface area contributed by atoms with Gasteiger partial charge in [0.25, 0.3) is 0 Å². The van der Waals surface area contributed by atoms with Gasteiger partial charge in [0.1, 0.15) is 5.76 Å². The first-order valence-electron chi connectivity index (χ1n) is 2.76. The Morgan fingerprint density at radius 2 is 2.44 bits per heavy atom. The van der Waals surface area contributed by atoms with Gasteiger partial charge in [-0.05, 0) is 18.2 Å². The molecular weight excluding hydrogens is 112 g/mol. The standard InChI is InChI=1S/C8H8O/c1-2-3-5-8-6-4-7-9-8/h2-7H,1H2/b5-3+. The zero-order valence-corrected chi connectivity index (χ0v) is 5.08. The molecule has 0 N–H and O–H groups in total. The lowest BCUT2D eigenvalue weighted by molar-refractivity contribution is 0.557. The van der Waals surface area contributed by atoms with E-state index in [2.05, 4.69) is 6.58 Å². The van der Waals surface area contributed by atoms with Crippen LogP contribution in [-0.2, 0) is 0 Å². The first-order chi connectivity index (χ1) is 4.43. The minimum absolute atomic E-state index is 0.856. The summed E-state index contributed by atoms with van der Waals surface area (Å²) in [4.78, 5) is 0. The van der Waals surface area contributed by atoms with E-state index < -0.39 is 0 Å². The van der Waals surface area contributed by atoms with E-state index in [4.69, 9.17) is 4.42 Å². The molecule has 0 aliphatic rings. The Kier molecular flexibility index (Phi) is 1.91. The summed E-state index contributed by atoms with van der Waals surface area (Å²) >= 11 is 0. The van der Waals surface area contributed by atoms with Crippen LogP contribution in [0.15, 0.2) is 41.5 Å². The highest BCUT2D eigenvalue weighted by Gasteiger charge is 1.82. The monoisotopic (exact) mass is 120 g/mol. The predicted molar refractivity (Wildman–Crippen MR) is 37.9 cm³/mol. The number of allylic oxidation sites excluding steroid dienone is 2. The number of hydrogen-bond acceptors (Lipinski definition) is 1. The average molecular weight is 120 g/mol. The number of hydrogen-bond donors (Lipinski definition) is 0. The van der Waals surface area contributed by atoms with E-state index >= 15 is 0 Å². The molecule has 1 aromatic heterocycles. The molecule has 0 amide bonds. The van der Waals surface area contributed by atoms with Crippen LogP contribution in [0.5, 0.6) is 0 Å². The van der Waals surface area contributed by atoms with E-state index in [0.29, 0.717) is 0 Å². The van der Waals surface area contributed by atoms with Crippen molar-refractivity contribution in [2.75, 3.05) is 0 Å². The molecule has 0 aromatic carbocycles. The molecule has 1 nitrogen and oxygen atoms in total. The molecule has 46 valence electrons. The maximum Gasteiger partial charge on any atom is 0.126 e. The van der Waals surface area contributed by atoms with Crippen LogP contribution in [0.4, 0.5) is 0 Å². The zero-order chi connectivity index (χ0) is 6.53. The topological polar surface area (TPSA) is 13.1 Å². The van der Waals surface area contributed by atoms with Gasteiger partial charge in [-0.3, -0.25) is 0 Å². The third-order valence-electron chi connectivity index (χ3n) is 0.940. The lowest BCUT2D eigenvalue weighted by atomic mass is 10.4. The third kappa shape index (κ3) is 1.61. The van der Waals surface area contributed by atoms with Gasteiger partial charge in [-0.25, -0.2) is 0 Å². The predicted octanol–water partition coefficient (Wildman–Crippen LogP) is 2.48. The van der Waals surface area contributed by atoms with E-state index in [1.807, 2.05) is 24.3 Å². The molecule has 1 heterocycles. The van der Waals surface area contributed by atoms with Crippen molar-refractivity contribution >= 4 is 6.08 Å². The minimum Gasteiger partial charge on any atom is -0.465 e. The Balaban J connectivity index is 2.67. The average Bonchev–Trinajstić information content (AvgIpc) is 2.34. The Bertz CT molecular complexity index is 194. The summed E-state index contributed by atoms with van der Waals surface area (Å²) in [6.07, 6.45) is 7.04. The quantitative estimate of drug-likeness (QED) is 0.546. The molecule has 0 unspecified atom stereocenters. The molecule has 0 spiro atoms. The molecule has 0 atom stereocenters. The smallest absolute Gasteiger partial charge is 0.126 e. The Hall–Kier alpha value is -1.24. The van der Waals surface area contributed by atoms with Crippen LogP contribution in [0.25, 0.3) is 6.08 Å². The van der Waals surface area contributed by atoms with Gasteiger partial charge in [0.2, 0.25) is 0 Å². The second-order valence-corrected chi connectivity index (χ2v) is 1.61. The van der Waals surface area contributed by atoms with Crippen LogP contribution >= 0.6 is 0 Å². The summed E-state index contributed by atoms with van der Waals surface area (Å²) < 4.78 is 5.00. The fraction of sp³-hybridized carbons (Fsp3) is 0. The number of furan rings is 1. The van der Waals surface area contributed by atoms with Crippen molar-refractivity contribution in [3.05, 3.63) is 42.9 Å². The summed E-state index contributed by atoms with van der Waals surface area (Å²) in [5.41, 5.74) is 0. The molecular formula is C8H8O.